The van der Waals surface area contributed by atoms with Crippen LogP contribution in [-0.4, -0.2) is 59.5 Å². The topological polar surface area (TPSA) is 142 Å². The van der Waals surface area contributed by atoms with E-state index in [0.717, 1.165) is 0 Å². The van der Waals surface area contributed by atoms with E-state index in [9.17, 15) is 24.3 Å². The molecule has 0 bridgehead atoms. The number of likely N-dealkylation sites (N-methyl/N-ethyl adjacent to an activating group) is 1. The molecule has 0 aromatic carbocycles. The van der Waals surface area contributed by atoms with Crippen molar-refractivity contribution in [3.8, 4) is 0 Å². The average Bonchev–Trinajstić information content (AvgIpc) is 2.41. The average molecular weight is 330 g/mol. The maximum atomic E-state index is 12.3. The van der Waals surface area contributed by atoms with E-state index in [1.807, 2.05) is 0 Å². The molecule has 9 heteroatoms. The van der Waals surface area contributed by atoms with Gasteiger partial charge in [-0.2, -0.15) is 0 Å². The van der Waals surface area contributed by atoms with Gasteiger partial charge in [0.05, 0.1) is 0 Å². The first-order valence-corrected chi connectivity index (χ1v) is 7.37. The van der Waals surface area contributed by atoms with Crippen LogP contribution >= 0.6 is 0 Å². The van der Waals surface area contributed by atoms with Crippen molar-refractivity contribution in [3.05, 3.63) is 0 Å². The van der Waals surface area contributed by atoms with Crippen LogP contribution in [0.2, 0.25) is 0 Å². The lowest BCUT2D eigenvalue weighted by molar-refractivity contribution is -0.144. The van der Waals surface area contributed by atoms with Crippen LogP contribution in [0.4, 0.5) is 4.79 Å². The molecule has 0 heterocycles. The number of hydrogen-bond acceptors (Lipinski definition) is 4. The van der Waals surface area contributed by atoms with E-state index in [1.165, 1.54) is 18.9 Å². The number of nitrogens with two attached hydrogens (primary N) is 1. The zero-order valence-electron chi connectivity index (χ0n) is 14.0. The molecule has 5 N–H and O–H groups in total. The van der Waals surface area contributed by atoms with Crippen LogP contribution in [0.3, 0.4) is 0 Å². The summed E-state index contributed by atoms with van der Waals surface area (Å²) in [5.41, 5.74) is 4.91. The van der Waals surface area contributed by atoms with Gasteiger partial charge in [-0.15, -0.1) is 0 Å². The summed E-state index contributed by atoms with van der Waals surface area (Å²) < 4.78 is 0. The standard InChI is InChI=1S/C14H26N4O5/c1-8(2)11(18(4)9(3)19)12(20)17-10(13(21)22)6-5-7-16-14(15)23/h8,10-11H,5-7H2,1-4H3,(H,17,20)(H,21,22)(H3,15,16,23)/t10-,11-/m0/s1. The number of carboxylic acid groups (broad SMARTS) is 1. The number of nitrogens with one attached hydrogen (secondary N) is 2. The van der Waals surface area contributed by atoms with Crippen molar-refractivity contribution in [3.63, 3.8) is 0 Å². The Morgan fingerprint density at radius 1 is 1.22 bits per heavy atom. The molecule has 9 nitrogen and oxygen atoms in total. The number of carbonyl (C=O) groups excluding carboxylic acids is 3. The zero-order valence-corrected chi connectivity index (χ0v) is 14.0. The molecule has 2 atom stereocenters. The summed E-state index contributed by atoms with van der Waals surface area (Å²) in [7, 11) is 1.50. The normalized spacial score (nSPS) is 13.1. The van der Waals surface area contributed by atoms with Gasteiger partial charge in [0.2, 0.25) is 11.8 Å². The number of rotatable bonds is 9. The molecule has 0 fully saturated rings. The zero-order chi connectivity index (χ0) is 18.2. The van der Waals surface area contributed by atoms with Crippen LogP contribution in [0.15, 0.2) is 0 Å². The molecular weight excluding hydrogens is 304 g/mol. The third-order valence-corrected chi connectivity index (χ3v) is 3.40. The third-order valence-electron chi connectivity index (χ3n) is 3.40. The number of amides is 4. The molecule has 0 unspecified atom stereocenters. The number of carbonyl (C=O) groups is 4. The number of aliphatic carboxylic acids is 1. The van der Waals surface area contributed by atoms with E-state index in [4.69, 9.17) is 5.73 Å². The van der Waals surface area contributed by atoms with Gasteiger partial charge in [-0.05, 0) is 18.8 Å². The van der Waals surface area contributed by atoms with Crippen LogP contribution < -0.4 is 16.4 Å². The smallest absolute Gasteiger partial charge is 0.326 e. The highest BCUT2D eigenvalue weighted by atomic mass is 16.4. The van der Waals surface area contributed by atoms with Gasteiger partial charge >= 0.3 is 12.0 Å². The highest BCUT2D eigenvalue weighted by molar-refractivity contribution is 5.90. The number of primary amides is 1. The van der Waals surface area contributed by atoms with Crippen molar-refractivity contribution in [1.82, 2.24) is 15.5 Å². The van der Waals surface area contributed by atoms with E-state index in [1.54, 1.807) is 13.8 Å². The van der Waals surface area contributed by atoms with Crippen LogP contribution in [0, 0.1) is 5.92 Å². The Labute approximate surface area is 135 Å². The van der Waals surface area contributed by atoms with Crippen molar-refractivity contribution >= 4 is 23.8 Å². The second-order valence-corrected chi connectivity index (χ2v) is 5.65. The summed E-state index contributed by atoms with van der Waals surface area (Å²) in [6, 6.07) is -2.54. The van der Waals surface area contributed by atoms with Crippen molar-refractivity contribution < 1.29 is 24.3 Å². The maximum absolute atomic E-state index is 12.3. The summed E-state index contributed by atoms with van der Waals surface area (Å²) >= 11 is 0. The van der Waals surface area contributed by atoms with E-state index in [-0.39, 0.29) is 24.8 Å². The van der Waals surface area contributed by atoms with Gasteiger partial charge in [0.15, 0.2) is 0 Å². The summed E-state index contributed by atoms with van der Waals surface area (Å²) in [6.45, 7) is 5.11. The van der Waals surface area contributed by atoms with Gasteiger partial charge in [0, 0.05) is 20.5 Å². The van der Waals surface area contributed by atoms with Crippen molar-refractivity contribution in [2.75, 3.05) is 13.6 Å². The Morgan fingerprint density at radius 3 is 2.17 bits per heavy atom. The van der Waals surface area contributed by atoms with Gasteiger partial charge in [-0.1, -0.05) is 13.8 Å². The Hall–Kier alpha value is -2.32. The highest BCUT2D eigenvalue weighted by Gasteiger charge is 2.31. The molecule has 0 spiro atoms. The summed E-state index contributed by atoms with van der Waals surface area (Å²) in [5.74, 6) is -2.15. The van der Waals surface area contributed by atoms with Crippen LogP contribution in [0.5, 0.6) is 0 Å². The Bertz CT molecular complexity index is 452. The fourth-order valence-electron chi connectivity index (χ4n) is 2.15. The molecule has 0 saturated carbocycles. The fraction of sp³-hybridized carbons (Fsp3) is 0.714. The lowest BCUT2D eigenvalue weighted by Gasteiger charge is -2.30. The summed E-state index contributed by atoms with van der Waals surface area (Å²) in [6.07, 6.45) is 0.477. The van der Waals surface area contributed by atoms with E-state index in [2.05, 4.69) is 10.6 Å². The van der Waals surface area contributed by atoms with Crippen LogP contribution in [0.25, 0.3) is 0 Å². The number of carboxylic acids is 1. The summed E-state index contributed by atoms with van der Waals surface area (Å²) in [5, 5.41) is 14.0. The largest absolute Gasteiger partial charge is 0.480 e. The number of urea groups is 1. The number of nitrogens with zero attached hydrogens (tertiary/aromatic N) is 1. The van der Waals surface area contributed by atoms with Gasteiger partial charge in [-0.3, -0.25) is 9.59 Å². The monoisotopic (exact) mass is 330 g/mol. The Balaban J connectivity index is 4.77. The third kappa shape index (κ3) is 7.48. The maximum Gasteiger partial charge on any atom is 0.326 e. The first-order chi connectivity index (χ1) is 10.6. The van der Waals surface area contributed by atoms with Crippen LogP contribution in [-0.2, 0) is 14.4 Å². The molecule has 23 heavy (non-hydrogen) atoms. The predicted molar refractivity (Wildman–Crippen MR) is 83.5 cm³/mol. The number of hydrogen-bond donors (Lipinski definition) is 4. The molecule has 4 amide bonds. The quantitative estimate of drug-likeness (QED) is 0.422. The molecule has 0 radical (unpaired) electrons. The van der Waals surface area contributed by atoms with Gasteiger partial charge < -0.3 is 26.4 Å². The van der Waals surface area contributed by atoms with E-state index >= 15 is 0 Å². The molecule has 0 aliphatic heterocycles. The predicted octanol–water partition coefficient (Wildman–Crippen LogP) is -0.493. The van der Waals surface area contributed by atoms with Crippen molar-refractivity contribution in [2.45, 2.75) is 45.7 Å². The van der Waals surface area contributed by atoms with E-state index < -0.39 is 30.0 Å². The molecule has 0 saturated heterocycles. The van der Waals surface area contributed by atoms with Gasteiger partial charge in [-0.25, -0.2) is 9.59 Å². The van der Waals surface area contributed by atoms with Crippen molar-refractivity contribution in [1.29, 1.82) is 0 Å². The first kappa shape index (κ1) is 20.7. The van der Waals surface area contributed by atoms with Crippen molar-refractivity contribution in [2.24, 2.45) is 11.7 Å². The van der Waals surface area contributed by atoms with Gasteiger partial charge in [0.25, 0.3) is 0 Å². The molecular formula is C14H26N4O5. The SMILES string of the molecule is CC(=O)N(C)[C@H](C(=O)N[C@@H](CCCNC(N)=O)C(=O)O)C(C)C. The molecule has 132 valence electrons. The molecule has 0 aromatic rings. The second-order valence-electron chi connectivity index (χ2n) is 5.65. The van der Waals surface area contributed by atoms with E-state index in [0.29, 0.717) is 6.42 Å². The minimum Gasteiger partial charge on any atom is -0.480 e. The highest BCUT2D eigenvalue weighted by Crippen LogP contribution is 2.11. The Morgan fingerprint density at radius 2 is 1.78 bits per heavy atom. The Kier molecular flexibility index (Phi) is 8.67. The minimum atomic E-state index is -1.18. The lowest BCUT2D eigenvalue weighted by Crippen LogP contribution is -2.53. The molecule has 0 aromatic heterocycles. The fourth-order valence-corrected chi connectivity index (χ4v) is 2.15. The molecule has 0 aliphatic rings. The molecule has 0 rings (SSSR count). The second kappa shape index (κ2) is 9.65. The first-order valence-electron chi connectivity index (χ1n) is 7.37. The minimum absolute atomic E-state index is 0.135. The van der Waals surface area contributed by atoms with Crippen LogP contribution in [0.1, 0.15) is 33.6 Å². The molecule has 0 aliphatic carbocycles. The lowest BCUT2D eigenvalue weighted by atomic mass is 10.0. The van der Waals surface area contributed by atoms with Gasteiger partial charge in [0.1, 0.15) is 12.1 Å². The summed E-state index contributed by atoms with van der Waals surface area (Å²) in [4.78, 5) is 46.9.